The molecule has 0 bridgehead atoms. The second kappa shape index (κ2) is 16.4. The standard InChI is InChI=1S/C27H47NO3/c1-3-4-5-6-7-8-9-10-11-12-13-14-15-17-21-28-22-20-25(29)27(24(28)2)31-26-19-16-18-23-30-26/h20,22,26H,3-19,21,23H2,1-2H3. The van der Waals surface area contributed by atoms with Crippen LogP contribution in [0, 0.1) is 6.92 Å². The second-order valence-electron chi connectivity index (χ2n) is 9.30. The molecule has 4 nitrogen and oxygen atoms in total. The third-order valence-corrected chi connectivity index (χ3v) is 6.53. The van der Waals surface area contributed by atoms with Gasteiger partial charge in [-0.05, 0) is 26.2 Å². The van der Waals surface area contributed by atoms with Gasteiger partial charge in [-0.15, -0.1) is 0 Å². The van der Waals surface area contributed by atoms with Crippen LogP contribution in [0.15, 0.2) is 17.1 Å². The maximum atomic E-state index is 12.3. The fourth-order valence-corrected chi connectivity index (χ4v) is 4.45. The van der Waals surface area contributed by atoms with Gasteiger partial charge in [-0.25, -0.2) is 0 Å². The molecule has 0 aromatic carbocycles. The molecule has 0 N–H and O–H groups in total. The molecule has 0 amide bonds. The lowest BCUT2D eigenvalue weighted by Crippen LogP contribution is -2.28. The van der Waals surface area contributed by atoms with E-state index in [1.165, 1.54) is 83.5 Å². The zero-order chi connectivity index (χ0) is 22.2. The molecule has 1 aromatic rings. The van der Waals surface area contributed by atoms with E-state index in [0.29, 0.717) is 5.75 Å². The maximum absolute atomic E-state index is 12.3. The molecular formula is C27H47NO3. The van der Waals surface area contributed by atoms with Crippen LogP contribution in [0.25, 0.3) is 0 Å². The highest BCUT2D eigenvalue weighted by molar-refractivity contribution is 5.27. The van der Waals surface area contributed by atoms with Crippen LogP contribution in [-0.4, -0.2) is 17.5 Å². The fraction of sp³-hybridized carbons (Fsp3) is 0.815. The fourth-order valence-electron chi connectivity index (χ4n) is 4.45. The molecule has 2 heterocycles. The number of hydrogen-bond acceptors (Lipinski definition) is 3. The highest BCUT2D eigenvalue weighted by Crippen LogP contribution is 2.20. The summed E-state index contributed by atoms with van der Waals surface area (Å²) in [7, 11) is 0. The number of nitrogens with zero attached hydrogens (tertiary/aromatic N) is 1. The van der Waals surface area contributed by atoms with Crippen LogP contribution in [0.3, 0.4) is 0 Å². The number of ether oxygens (including phenoxy) is 2. The van der Waals surface area contributed by atoms with E-state index in [0.717, 1.165) is 44.5 Å². The Morgan fingerprint density at radius 2 is 1.48 bits per heavy atom. The highest BCUT2D eigenvalue weighted by Gasteiger charge is 2.18. The molecule has 0 spiro atoms. The van der Waals surface area contributed by atoms with Gasteiger partial charge in [-0.2, -0.15) is 0 Å². The zero-order valence-electron chi connectivity index (χ0n) is 20.3. The minimum Gasteiger partial charge on any atom is -0.459 e. The van der Waals surface area contributed by atoms with Crippen molar-refractivity contribution in [2.75, 3.05) is 6.61 Å². The Labute approximate surface area is 190 Å². The summed E-state index contributed by atoms with van der Waals surface area (Å²) in [5, 5.41) is 0. The molecule has 1 aliphatic heterocycles. The first-order chi connectivity index (χ1) is 15.2. The first-order valence-corrected chi connectivity index (χ1v) is 13.2. The van der Waals surface area contributed by atoms with Crippen LogP contribution in [0.5, 0.6) is 5.75 Å². The van der Waals surface area contributed by atoms with Gasteiger partial charge in [-0.1, -0.05) is 90.4 Å². The quantitative estimate of drug-likeness (QED) is 0.238. The van der Waals surface area contributed by atoms with Crippen molar-refractivity contribution in [1.29, 1.82) is 0 Å². The third kappa shape index (κ3) is 10.7. The van der Waals surface area contributed by atoms with Gasteiger partial charge in [0.25, 0.3) is 0 Å². The summed E-state index contributed by atoms with van der Waals surface area (Å²) in [6.07, 6.45) is 23.9. The largest absolute Gasteiger partial charge is 0.459 e. The molecule has 1 atom stereocenters. The number of hydrogen-bond donors (Lipinski definition) is 0. The Bertz CT molecular complexity index is 634. The van der Waals surface area contributed by atoms with Gasteiger partial charge < -0.3 is 14.0 Å². The third-order valence-electron chi connectivity index (χ3n) is 6.53. The van der Waals surface area contributed by atoms with Crippen molar-refractivity contribution < 1.29 is 9.47 Å². The van der Waals surface area contributed by atoms with E-state index in [4.69, 9.17) is 9.47 Å². The van der Waals surface area contributed by atoms with Gasteiger partial charge in [-0.3, -0.25) is 4.79 Å². The predicted molar refractivity (Wildman–Crippen MR) is 130 cm³/mol. The van der Waals surface area contributed by atoms with Crippen LogP contribution >= 0.6 is 0 Å². The van der Waals surface area contributed by atoms with Gasteiger partial charge in [0.1, 0.15) is 0 Å². The summed E-state index contributed by atoms with van der Waals surface area (Å²) >= 11 is 0. The van der Waals surface area contributed by atoms with E-state index >= 15 is 0 Å². The SMILES string of the molecule is CCCCCCCCCCCCCCCCn1ccc(=O)c(OC2CCCCO2)c1C. The monoisotopic (exact) mass is 433 g/mol. The molecule has 31 heavy (non-hydrogen) atoms. The second-order valence-corrected chi connectivity index (χ2v) is 9.30. The Morgan fingerprint density at radius 3 is 2.03 bits per heavy atom. The van der Waals surface area contributed by atoms with Crippen LogP contribution in [0.2, 0.25) is 0 Å². The lowest BCUT2D eigenvalue weighted by molar-refractivity contribution is -0.106. The van der Waals surface area contributed by atoms with Crippen LogP contribution in [0.4, 0.5) is 0 Å². The number of rotatable bonds is 17. The summed E-state index contributed by atoms with van der Waals surface area (Å²) < 4.78 is 13.7. The van der Waals surface area contributed by atoms with Crippen molar-refractivity contribution in [3.05, 3.63) is 28.2 Å². The molecule has 0 aliphatic carbocycles. The van der Waals surface area contributed by atoms with E-state index in [1.807, 2.05) is 13.1 Å². The summed E-state index contributed by atoms with van der Waals surface area (Å²) in [6.45, 7) is 5.95. The number of aryl methyl sites for hydroxylation is 1. The lowest BCUT2D eigenvalue weighted by Gasteiger charge is -2.24. The van der Waals surface area contributed by atoms with Crippen molar-refractivity contribution in [3.63, 3.8) is 0 Å². The number of pyridine rings is 1. The van der Waals surface area contributed by atoms with Crippen LogP contribution < -0.4 is 10.2 Å². The highest BCUT2D eigenvalue weighted by atomic mass is 16.7. The van der Waals surface area contributed by atoms with Gasteiger partial charge >= 0.3 is 0 Å². The molecule has 2 rings (SSSR count). The van der Waals surface area contributed by atoms with E-state index in [1.54, 1.807) is 6.07 Å². The molecular weight excluding hydrogens is 386 g/mol. The molecule has 1 saturated heterocycles. The minimum absolute atomic E-state index is 0.0381. The minimum atomic E-state index is -0.267. The Hall–Kier alpha value is -1.29. The lowest BCUT2D eigenvalue weighted by atomic mass is 10.0. The van der Waals surface area contributed by atoms with Gasteiger partial charge in [0.05, 0.1) is 12.3 Å². The Morgan fingerprint density at radius 1 is 0.903 bits per heavy atom. The van der Waals surface area contributed by atoms with E-state index in [9.17, 15) is 4.79 Å². The molecule has 1 aromatic heterocycles. The van der Waals surface area contributed by atoms with Gasteiger partial charge in [0.2, 0.25) is 5.43 Å². The van der Waals surface area contributed by atoms with Crippen molar-refractivity contribution >= 4 is 0 Å². The smallest absolute Gasteiger partial charge is 0.223 e. The maximum Gasteiger partial charge on any atom is 0.223 e. The molecule has 0 saturated carbocycles. The van der Waals surface area contributed by atoms with Crippen molar-refractivity contribution in [2.24, 2.45) is 0 Å². The van der Waals surface area contributed by atoms with Crippen LogP contribution in [-0.2, 0) is 11.3 Å². The first kappa shape index (κ1) is 26.0. The number of unbranched alkanes of at least 4 members (excludes halogenated alkanes) is 13. The Kier molecular flexibility index (Phi) is 13.7. The van der Waals surface area contributed by atoms with Gasteiger partial charge in [0.15, 0.2) is 12.0 Å². The topological polar surface area (TPSA) is 40.5 Å². The predicted octanol–water partition coefficient (Wildman–Crippen LogP) is 7.54. The van der Waals surface area contributed by atoms with Crippen molar-refractivity contribution in [1.82, 2.24) is 4.57 Å². The van der Waals surface area contributed by atoms with E-state index < -0.39 is 0 Å². The summed E-state index contributed by atoms with van der Waals surface area (Å²) in [6, 6.07) is 1.63. The molecule has 1 unspecified atom stereocenters. The van der Waals surface area contributed by atoms with Crippen LogP contribution in [0.1, 0.15) is 122 Å². The Balaban J connectivity index is 1.53. The summed E-state index contributed by atoms with van der Waals surface area (Å²) in [5.74, 6) is 0.472. The average molecular weight is 434 g/mol. The summed E-state index contributed by atoms with van der Waals surface area (Å²) in [5.41, 5.74) is 0.889. The van der Waals surface area contributed by atoms with Crippen molar-refractivity contribution in [2.45, 2.75) is 136 Å². The summed E-state index contributed by atoms with van der Waals surface area (Å²) in [4.78, 5) is 12.3. The molecule has 0 radical (unpaired) electrons. The van der Waals surface area contributed by atoms with E-state index in [2.05, 4.69) is 11.5 Å². The molecule has 1 aliphatic rings. The van der Waals surface area contributed by atoms with E-state index in [-0.39, 0.29) is 11.7 Å². The first-order valence-electron chi connectivity index (χ1n) is 13.2. The molecule has 4 heteroatoms. The molecule has 1 fully saturated rings. The van der Waals surface area contributed by atoms with Gasteiger partial charge in [0, 0.05) is 25.2 Å². The van der Waals surface area contributed by atoms with Crippen molar-refractivity contribution in [3.8, 4) is 5.75 Å². The number of aromatic nitrogens is 1. The average Bonchev–Trinajstić information content (AvgIpc) is 2.79. The normalized spacial score (nSPS) is 16.5. The zero-order valence-corrected chi connectivity index (χ0v) is 20.3. The molecule has 178 valence electrons.